The number of benzene rings is 1. The van der Waals surface area contributed by atoms with Crippen LogP contribution in [0.4, 0.5) is 0 Å². The average Bonchev–Trinajstić information content (AvgIpc) is 3.06. The molecular formula is C16H19ClN2O. The van der Waals surface area contributed by atoms with Crippen LogP contribution in [0.25, 0.3) is 0 Å². The van der Waals surface area contributed by atoms with Gasteiger partial charge in [0.2, 0.25) is 0 Å². The molecule has 0 radical (unpaired) electrons. The van der Waals surface area contributed by atoms with Crippen LogP contribution in [0.5, 0.6) is 5.75 Å². The molecule has 1 aliphatic rings. The normalized spacial score (nSPS) is 15.7. The summed E-state index contributed by atoms with van der Waals surface area (Å²) in [6.07, 6.45) is 6.79. The van der Waals surface area contributed by atoms with E-state index in [9.17, 15) is 0 Å². The minimum atomic E-state index is 0.310. The van der Waals surface area contributed by atoms with Gasteiger partial charge in [0.25, 0.3) is 0 Å². The smallest absolute Gasteiger partial charge is 0.176 e. The zero-order valence-electron chi connectivity index (χ0n) is 11.7. The van der Waals surface area contributed by atoms with Gasteiger partial charge in [0.15, 0.2) is 10.9 Å². The number of aromatic nitrogens is 2. The summed E-state index contributed by atoms with van der Waals surface area (Å²) in [5.74, 6) is 0.714. The Bertz CT molecular complexity index is 571. The second kappa shape index (κ2) is 5.88. The summed E-state index contributed by atoms with van der Waals surface area (Å²) in [6.45, 7) is 2.76. The van der Waals surface area contributed by atoms with E-state index in [0.29, 0.717) is 23.6 Å². The molecule has 1 fully saturated rings. The number of hydrogen-bond acceptors (Lipinski definition) is 2. The molecule has 106 valence electrons. The summed E-state index contributed by atoms with van der Waals surface area (Å²) >= 11 is 6.36. The van der Waals surface area contributed by atoms with Gasteiger partial charge in [-0.3, -0.25) is 0 Å². The van der Waals surface area contributed by atoms with E-state index in [1.807, 2.05) is 0 Å². The Labute approximate surface area is 124 Å². The zero-order valence-corrected chi connectivity index (χ0v) is 12.4. The topological polar surface area (TPSA) is 27.1 Å². The standard InChI is InChI=1S/C16H19ClN2O/c1-12-6-8-13(9-7-12)11-19-16(17)15(10-18-19)20-14-4-2-3-5-14/h6-10,14H,2-5,11H2,1H3. The highest BCUT2D eigenvalue weighted by Crippen LogP contribution is 2.29. The van der Waals surface area contributed by atoms with E-state index in [1.165, 1.54) is 24.0 Å². The minimum Gasteiger partial charge on any atom is -0.486 e. The lowest BCUT2D eigenvalue weighted by atomic mass is 10.1. The summed E-state index contributed by atoms with van der Waals surface area (Å²) in [4.78, 5) is 0. The van der Waals surface area contributed by atoms with Gasteiger partial charge in [-0.05, 0) is 38.2 Å². The van der Waals surface area contributed by atoms with E-state index in [0.717, 1.165) is 12.8 Å². The molecule has 0 atom stereocenters. The third-order valence-corrected chi connectivity index (χ3v) is 4.17. The van der Waals surface area contributed by atoms with E-state index in [2.05, 4.69) is 36.3 Å². The Kier molecular flexibility index (Phi) is 3.97. The molecule has 4 heteroatoms. The molecule has 0 saturated heterocycles. The SMILES string of the molecule is Cc1ccc(Cn2ncc(OC3CCCC3)c2Cl)cc1. The number of hydrogen-bond donors (Lipinski definition) is 0. The van der Waals surface area contributed by atoms with Crippen LogP contribution in [0.3, 0.4) is 0 Å². The maximum absolute atomic E-state index is 6.36. The van der Waals surface area contributed by atoms with Crippen molar-refractivity contribution >= 4 is 11.6 Å². The van der Waals surface area contributed by atoms with Crippen molar-refractivity contribution in [1.82, 2.24) is 9.78 Å². The number of aryl methyl sites for hydroxylation is 1. The lowest BCUT2D eigenvalue weighted by Gasteiger charge is -2.11. The van der Waals surface area contributed by atoms with Gasteiger partial charge < -0.3 is 4.74 Å². The fourth-order valence-corrected chi connectivity index (χ4v) is 2.79. The number of nitrogens with zero attached hydrogens (tertiary/aromatic N) is 2. The molecule has 0 unspecified atom stereocenters. The second-order valence-corrected chi connectivity index (χ2v) is 5.83. The van der Waals surface area contributed by atoms with Gasteiger partial charge in [-0.25, -0.2) is 4.68 Å². The summed E-state index contributed by atoms with van der Waals surface area (Å²) < 4.78 is 7.72. The van der Waals surface area contributed by atoms with E-state index in [1.54, 1.807) is 10.9 Å². The van der Waals surface area contributed by atoms with Gasteiger partial charge in [-0.15, -0.1) is 0 Å². The Hall–Kier alpha value is -1.48. The molecule has 1 aromatic carbocycles. The fraction of sp³-hybridized carbons (Fsp3) is 0.438. The van der Waals surface area contributed by atoms with Crippen molar-refractivity contribution in [2.45, 2.75) is 45.3 Å². The highest BCUT2D eigenvalue weighted by atomic mass is 35.5. The lowest BCUT2D eigenvalue weighted by molar-refractivity contribution is 0.210. The molecular weight excluding hydrogens is 272 g/mol. The highest BCUT2D eigenvalue weighted by molar-refractivity contribution is 6.31. The minimum absolute atomic E-state index is 0.310. The summed E-state index contributed by atoms with van der Waals surface area (Å²) in [7, 11) is 0. The predicted molar refractivity (Wildman–Crippen MR) is 80.4 cm³/mol. The molecule has 3 rings (SSSR count). The first-order valence-electron chi connectivity index (χ1n) is 7.16. The van der Waals surface area contributed by atoms with Gasteiger partial charge >= 0.3 is 0 Å². The van der Waals surface area contributed by atoms with Crippen LogP contribution < -0.4 is 4.74 Å². The Morgan fingerprint density at radius 3 is 2.65 bits per heavy atom. The third kappa shape index (κ3) is 2.98. The predicted octanol–water partition coefficient (Wildman–Crippen LogP) is 4.21. The van der Waals surface area contributed by atoms with Gasteiger partial charge in [0.1, 0.15) is 0 Å². The van der Waals surface area contributed by atoms with Crippen LogP contribution in [0.15, 0.2) is 30.5 Å². The van der Waals surface area contributed by atoms with Crippen molar-refractivity contribution in [3.05, 3.63) is 46.7 Å². The summed E-state index contributed by atoms with van der Waals surface area (Å²) in [5.41, 5.74) is 2.44. The molecule has 0 N–H and O–H groups in total. The molecule has 0 amide bonds. The van der Waals surface area contributed by atoms with Gasteiger partial charge in [0, 0.05) is 0 Å². The van der Waals surface area contributed by atoms with Crippen molar-refractivity contribution in [3.63, 3.8) is 0 Å². The maximum atomic E-state index is 6.36. The first-order valence-corrected chi connectivity index (χ1v) is 7.53. The lowest BCUT2D eigenvalue weighted by Crippen LogP contribution is -2.10. The molecule has 2 aromatic rings. The molecule has 1 heterocycles. The number of ether oxygens (including phenoxy) is 1. The van der Waals surface area contributed by atoms with Crippen LogP contribution >= 0.6 is 11.6 Å². The maximum Gasteiger partial charge on any atom is 0.176 e. The molecule has 1 saturated carbocycles. The van der Waals surface area contributed by atoms with Crippen molar-refractivity contribution in [1.29, 1.82) is 0 Å². The van der Waals surface area contributed by atoms with Crippen LogP contribution in [0.2, 0.25) is 5.15 Å². The quantitative estimate of drug-likeness (QED) is 0.843. The fourth-order valence-electron chi connectivity index (χ4n) is 2.59. The van der Waals surface area contributed by atoms with Gasteiger partial charge in [-0.2, -0.15) is 5.10 Å². The largest absolute Gasteiger partial charge is 0.486 e. The molecule has 3 nitrogen and oxygen atoms in total. The van der Waals surface area contributed by atoms with Crippen LogP contribution in [0, 0.1) is 6.92 Å². The third-order valence-electron chi connectivity index (χ3n) is 3.79. The van der Waals surface area contributed by atoms with Gasteiger partial charge in [0.05, 0.1) is 18.8 Å². The Morgan fingerprint density at radius 2 is 1.95 bits per heavy atom. The summed E-state index contributed by atoms with van der Waals surface area (Å²) in [6, 6.07) is 8.40. The van der Waals surface area contributed by atoms with E-state index >= 15 is 0 Å². The van der Waals surface area contributed by atoms with Crippen LogP contribution in [-0.2, 0) is 6.54 Å². The van der Waals surface area contributed by atoms with E-state index < -0.39 is 0 Å². The number of halogens is 1. The molecule has 0 spiro atoms. The Balaban J connectivity index is 1.71. The van der Waals surface area contributed by atoms with Crippen LogP contribution in [0.1, 0.15) is 36.8 Å². The molecule has 0 bridgehead atoms. The second-order valence-electron chi connectivity index (χ2n) is 5.47. The van der Waals surface area contributed by atoms with Crippen molar-refractivity contribution < 1.29 is 4.74 Å². The first-order chi connectivity index (χ1) is 9.72. The van der Waals surface area contributed by atoms with Crippen molar-refractivity contribution in [2.24, 2.45) is 0 Å². The van der Waals surface area contributed by atoms with E-state index in [-0.39, 0.29) is 0 Å². The zero-order chi connectivity index (χ0) is 13.9. The molecule has 1 aromatic heterocycles. The van der Waals surface area contributed by atoms with Crippen LogP contribution in [-0.4, -0.2) is 15.9 Å². The molecule has 1 aliphatic carbocycles. The van der Waals surface area contributed by atoms with Crippen molar-refractivity contribution in [2.75, 3.05) is 0 Å². The van der Waals surface area contributed by atoms with Gasteiger partial charge in [-0.1, -0.05) is 41.4 Å². The Morgan fingerprint density at radius 1 is 1.25 bits per heavy atom. The summed E-state index contributed by atoms with van der Waals surface area (Å²) in [5, 5.41) is 4.93. The first kappa shape index (κ1) is 13.5. The molecule has 0 aliphatic heterocycles. The number of rotatable bonds is 4. The van der Waals surface area contributed by atoms with Crippen molar-refractivity contribution in [3.8, 4) is 5.75 Å². The molecule has 20 heavy (non-hydrogen) atoms. The highest BCUT2D eigenvalue weighted by Gasteiger charge is 2.19. The average molecular weight is 291 g/mol. The van der Waals surface area contributed by atoms with E-state index in [4.69, 9.17) is 16.3 Å². The monoisotopic (exact) mass is 290 g/mol.